The molecule has 0 aromatic rings. The van der Waals surface area contributed by atoms with E-state index in [-0.39, 0.29) is 0 Å². The Morgan fingerprint density at radius 1 is 1.50 bits per heavy atom. The fourth-order valence-corrected chi connectivity index (χ4v) is 0.761. The van der Waals surface area contributed by atoms with Crippen LogP contribution in [0.5, 0.6) is 0 Å². The van der Waals surface area contributed by atoms with Gasteiger partial charge in [-0.3, -0.25) is 4.90 Å². The van der Waals surface area contributed by atoms with Crippen molar-refractivity contribution in [1.29, 1.82) is 0 Å². The molecule has 0 amide bonds. The summed E-state index contributed by atoms with van der Waals surface area (Å²) in [6.45, 7) is 2.58. The van der Waals surface area contributed by atoms with Gasteiger partial charge in [-0.1, -0.05) is 5.92 Å². The second kappa shape index (κ2) is 6.60. The molecular formula is C8H16N2. The predicted octanol–water partition coefficient (Wildman–Crippen LogP) is 0.290. The summed E-state index contributed by atoms with van der Waals surface area (Å²) in [5, 5.41) is 0. The summed E-state index contributed by atoms with van der Waals surface area (Å²) in [5.74, 6) is 2.59. The van der Waals surface area contributed by atoms with Crippen LogP contribution in [0.3, 0.4) is 0 Å². The maximum absolute atomic E-state index is 5.33. The van der Waals surface area contributed by atoms with E-state index in [1.54, 1.807) is 0 Å². The SMILES string of the molecule is C#CCN(C)CCCCN. The van der Waals surface area contributed by atoms with Gasteiger partial charge in [0.1, 0.15) is 0 Å². The highest BCUT2D eigenvalue weighted by atomic mass is 15.1. The number of terminal acetylenes is 1. The van der Waals surface area contributed by atoms with E-state index in [1.807, 2.05) is 7.05 Å². The fraction of sp³-hybridized carbons (Fsp3) is 0.750. The third kappa shape index (κ3) is 5.61. The Morgan fingerprint density at radius 2 is 2.20 bits per heavy atom. The molecule has 0 bridgehead atoms. The van der Waals surface area contributed by atoms with Gasteiger partial charge >= 0.3 is 0 Å². The number of hydrogen-bond donors (Lipinski definition) is 1. The van der Waals surface area contributed by atoms with Crippen LogP contribution in [0.25, 0.3) is 0 Å². The lowest BCUT2D eigenvalue weighted by molar-refractivity contribution is 0.366. The third-order valence-electron chi connectivity index (χ3n) is 1.36. The lowest BCUT2D eigenvalue weighted by Gasteiger charge is -2.11. The lowest BCUT2D eigenvalue weighted by atomic mass is 10.3. The second-order valence-electron chi connectivity index (χ2n) is 2.44. The third-order valence-corrected chi connectivity index (χ3v) is 1.36. The van der Waals surface area contributed by atoms with E-state index in [0.717, 1.165) is 32.5 Å². The molecule has 2 heteroatoms. The van der Waals surface area contributed by atoms with Gasteiger partial charge in [0.15, 0.2) is 0 Å². The Morgan fingerprint density at radius 3 is 2.70 bits per heavy atom. The molecule has 0 aliphatic heterocycles. The zero-order chi connectivity index (χ0) is 7.82. The summed E-state index contributed by atoms with van der Waals surface area (Å²) in [7, 11) is 2.02. The highest BCUT2D eigenvalue weighted by Gasteiger charge is 1.92. The Kier molecular flexibility index (Phi) is 6.25. The van der Waals surface area contributed by atoms with Gasteiger partial charge in [-0.05, 0) is 33.0 Å². The van der Waals surface area contributed by atoms with E-state index in [0.29, 0.717) is 0 Å². The number of hydrogen-bond acceptors (Lipinski definition) is 2. The minimum atomic E-state index is 0.741. The molecule has 0 unspecified atom stereocenters. The van der Waals surface area contributed by atoms with Crippen LogP contribution in [-0.4, -0.2) is 31.6 Å². The van der Waals surface area contributed by atoms with Crippen LogP contribution in [0.2, 0.25) is 0 Å². The van der Waals surface area contributed by atoms with Crippen molar-refractivity contribution in [2.45, 2.75) is 12.8 Å². The first-order valence-electron chi connectivity index (χ1n) is 3.63. The Hall–Kier alpha value is -0.520. The smallest absolute Gasteiger partial charge is 0.0596 e. The van der Waals surface area contributed by atoms with Crippen molar-refractivity contribution < 1.29 is 0 Å². The first-order chi connectivity index (χ1) is 4.81. The molecule has 0 aromatic heterocycles. The molecule has 0 atom stereocenters. The molecular weight excluding hydrogens is 124 g/mol. The average molecular weight is 140 g/mol. The maximum Gasteiger partial charge on any atom is 0.0596 e. The van der Waals surface area contributed by atoms with Gasteiger partial charge in [0.05, 0.1) is 6.54 Å². The zero-order valence-corrected chi connectivity index (χ0v) is 6.64. The van der Waals surface area contributed by atoms with Crippen LogP contribution < -0.4 is 5.73 Å². The normalized spacial score (nSPS) is 9.80. The van der Waals surface area contributed by atoms with Crippen molar-refractivity contribution >= 4 is 0 Å². The number of unbranched alkanes of at least 4 members (excludes halogenated alkanes) is 1. The lowest BCUT2D eigenvalue weighted by Crippen LogP contribution is -2.20. The van der Waals surface area contributed by atoms with Gasteiger partial charge in [-0.25, -0.2) is 0 Å². The highest BCUT2D eigenvalue weighted by molar-refractivity contribution is 4.86. The van der Waals surface area contributed by atoms with E-state index in [2.05, 4.69) is 10.8 Å². The minimum Gasteiger partial charge on any atom is -0.330 e. The molecule has 0 saturated heterocycles. The summed E-state index contributed by atoms with van der Waals surface area (Å²) in [6, 6.07) is 0. The van der Waals surface area contributed by atoms with Gasteiger partial charge in [0, 0.05) is 0 Å². The van der Waals surface area contributed by atoms with Crippen LogP contribution in [0.1, 0.15) is 12.8 Å². The molecule has 58 valence electrons. The molecule has 0 aliphatic carbocycles. The Bertz CT molecular complexity index is 104. The summed E-state index contributed by atoms with van der Waals surface area (Å²) in [5.41, 5.74) is 5.33. The van der Waals surface area contributed by atoms with Crippen LogP contribution in [0, 0.1) is 12.3 Å². The summed E-state index contributed by atoms with van der Waals surface area (Å²) < 4.78 is 0. The molecule has 10 heavy (non-hydrogen) atoms. The van der Waals surface area contributed by atoms with Gasteiger partial charge in [0.2, 0.25) is 0 Å². The molecule has 2 nitrogen and oxygen atoms in total. The van der Waals surface area contributed by atoms with E-state index < -0.39 is 0 Å². The first kappa shape index (κ1) is 9.48. The largest absolute Gasteiger partial charge is 0.330 e. The minimum absolute atomic E-state index is 0.741. The summed E-state index contributed by atoms with van der Waals surface area (Å²) in [6.07, 6.45) is 7.36. The molecule has 2 N–H and O–H groups in total. The van der Waals surface area contributed by atoms with E-state index in [1.165, 1.54) is 0 Å². The summed E-state index contributed by atoms with van der Waals surface area (Å²) in [4.78, 5) is 2.12. The quantitative estimate of drug-likeness (QED) is 0.439. The maximum atomic E-state index is 5.33. The number of nitrogens with zero attached hydrogens (tertiary/aromatic N) is 1. The molecule has 0 radical (unpaired) electrons. The predicted molar refractivity (Wildman–Crippen MR) is 44.6 cm³/mol. The van der Waals surface area contributed by atoms with Crippen molar-refractivity contribution in [3.8, 4) is 12.3 Å². The molecule has 0 rings (SSSR count). The van der Waals surface area contributed by atoms with Crippen LogP contribution in [-0.2, 0) is 0 Å². The number of nitrogens with two attached hydrogens (primary N) is 1. The second-order valence-corrected chi connectivity index (χ2v) is 2.44. The Labute approximate surface area is 63.4 Å². The molecule has 0 aromatic carbocycles. The molecule has 0 saturated carbocycles. The van der Waals surface area contributed by atoms with E-state index in [9.17, 15) is 0 Å². The van der Waals surface area contributed by atoms with Crippen molar-refractivity contribution in [1.82, 2.24) is 4.90 Å². The van der Waals surface area contributed by atoms with Gasteiger partial charge in [0.25, 0.3) is 0 Å². The van der Waals surface area contributed by atoms with Crippen LogP contribution >= 0.6 is 0 Å². The molecule has 0 spiro atoms. The van der Waals surface area contributed by atoms with Crippen molar-refractivity contribution in [3.05, 3.63) is 0 Å². The topological polar surface area (TPSA) is 29.3 Å². The van der Waals surface area contributed by atoms with Gasteiger partial charge in [-0.15, -0.1) is 6.42 Å². The van der Waals surface area contributed by atoms with Crippen molar-refractivity contribution in [2.75, 3.05) is 26.7 Å². The van der Waals surface area contributed by atoms with E-state index in [4.69, 9.17) is 12.2 Å². The van der Waals surface area contributed by atoms with Crippen molar-refractivity contribution in [3.63, 3.8) is 0 Å². The standard InChI is InChI=1S/C8H16N2/c1-3-7-10(2)8-5-4-6-9/h1H,4-9H2,2H3. The molecule has 0 heterocycles. The van der Waals surface area contributed by atoms with E-state index >= 15 is 0 Å². The monoisotopic (exact) mass is 140 g/mol. The average Bonchev–Trinajstić information content (AvgIpc) is 1.89. The highest BCUT2D eigenvalue weighted by Crippen LogP contribution is 1.89. The fourth-order valence-electron chi connectivity index (χ4n) is 0.761. The first-order valence-corrected chi connectivity index (χ1v) is 3.63. The summed E-state index contributed by atoms with van der Waals surface area (Å²) >= 11 is 0. The van der Waals surface area contributed by atoms with Gasteiger partial charge in [-0.2, -0.15) is 0 Å². The zero-order valence-electron chi connectivity index (χ0n) is 6.64. The molecule has 0 fully saturated rings. The molecule has 0 aliphatic rings. The number of rotatable bonds is 5. The van der Waals surface area contributed by atoms with Crippen molar-refractivity contribution in [2.24, 2.45) is 5.73 Å². The van der Waals surface area contributed by atoms with Gasteiger partial charge < -0.3 is 5.73 Å². The van der Waals surface area contributed by atoms with Crippen LogP contribution in [0.15, 0.2) is 0 Å². The Balaban J connectivity index is 3.06. The van der Waals surface area contributed by atoms with Crippen LogP contribution in [0.4, 0.5) is 0 Å².